The van der Waals surface area contributed by atoms with Crippen molar-refractivity contribution >= 4 is 0 Å². The van der Waals surface area contributed by atoms with Gasteiger partial charge in [0.1, 0.15) is 0 Å². The molecular weight excluding hydrogens is 282 g/mol. The van der Waals surface area contributed by atoms with Gasteiger partial charge in [0.15, 0.2) is 0 Å². The fourth-order valence-electron chi connectivity index (χ4n) is 2.97. The van der Waals surface area contributed by atoms with Gasteiger partial charge in [-0.2, -0.15) is 0 Å². The highest BCUT2D eigenvalue weighted by Crippen LogP contribution is 2.26. The van der Waals surface area contributed by atoms with Crippen LogP contribution in [-0.4, -0.2) is 9.66 Å². The van der Waals surface area contributed by atoms with E-state index in [4.69, 9.17) is 0 Å². The van der Waals surface area contributed by atoms with E-state index in [1.54, 1.807) is 0 Å². The summed E-state index contributed by atoms with van der Waals surface area (Å²) < 4.78 is 2.15. The quantitative estimate of drug-likeness (QED) is 0.765. The van der Waals surface area contributed by atoms with Crippen LogP contribution >= 0.6 is 0 Å². The average Bonchev–Trinajstić information content (AvgIpc) is 2.88. The standard InChI is InChI=1S/C20H23N3/c1-16-12-13-17(2)23(16)22-20(3,19-11-7-8-14-21-19)15-18-9-5-4-6-10-18/h4-14,22H,15H2,1-3H3/t20-/m1/s1. The second-order valence-electron chi connectivity index (χ2n) is 6.27. The fraction of sp³-hybridized carbons (Fsp3) is 0.250. The molecule has 0 spiro atoms. The monoisotopic (exact) mass is 305 g/mol. The second kappa shape index (κ2) is 6.29. The molecule has 3 nitrogen and oxygen atoms in total. The molecule has 3 aromatic rings. The molecular formula is C20H23N3. The molecule has 3 rings (SSSR count). The number of hydrogen-bond donors (Lipinski definition) is 1. The van der Waals surface area contributed by atoms with E-state index < -0.39 is 0 Å². The molecule has 1 aromatic carbocycles. The van der Waals surface area contributed by atoms with Crippen molar-refractivity contribution in [1.82, 2.24) is 9.66 Å². The molecule has 0 fully saturated rings. The molecule has 2 aromatic heterocycles. The van der Waals surface area contributed by atoms with E-state index in [0.29, 0.717) is 0 Å². The summed E-state index contributed by atoms with van der Waals surface area (Å²) in [7, 11) is 0. The maximum atomic E-state index is 4.61. The molecule has 0 aliphatic carbocycles. The van der Waals surface area contributed by atoms with Gasteiger partial charge in [-0.1, -0.05) is 36.4 Å². The first kappa shape index (κ1) is 15.3. The number of aromatic nitrogens is 2. The Morgan fingerprint density at radius 1 is 0.913 bits per heavy atom. The third-order valence-corrected chi connectivity index (χ3v) is 4.26. The summed E-state index contributed by atoms with van der Waals surface area (Å²) >= 11 is 0. The number of nitrogens with zero attached hydrogens (tertiary/aromatic N) is 2. The third kappa shape index (κ3) is 3.29. The fourth-order valence-corrected chi connectivity index (χ4v) is 2.97. The zero-order valence-electron chi connectivity index (χ0n) is 14.0. The SMILES string of the molecule is Cc1ccc(C)n1N[C@](C)(Cc1ccccc1)c1ccccn1. The van der Waals surface area contributed by atoms with Crippen LogP contribution in [-0.2, 0) is 12.0 Å². The molecule has 0 aliphatic heterocycles. The molecule has 0 unspecified atom stereocenters. The van der Waals surface area contributed by atoms with Gasteiger partial charge in [0, 0.05) is 24.0 Å². The Bertz CT molecular complexity index is 743. The third-order valence-electron chi connectivity index (χ3n) is 4.26. The molecule has 0 amide bonds. The molecule has 0 aliphatic rings. The van der Waals surface area contributed by atoms with Gasteiger partial charge < -0.3 is 5.43 Å². The molecule has 0 bridgehead atoms. The van der Waals surface area contributed by atoms with Crippen LogP contribution in [0.15, 0.2) is 66.9 Å². The van der Waals surface area contributed by atoms with Crippen LogP contribution in [0.25, 0.3) is 0 Å². The van der Waals surface area contributed by atoms with Crippen LogP contribution in [0, 0.1) is 13.8 Å². The maximum Gasteiger partial charge on any atom is 0.0963 e. The number of hydrogen-bond acceptors (Lipinski definition) is 2. The predicted octanol–water partition coefficient (Wildman–Crippen LogP) is 4.20. The average molecular weight is 305 g/mol. The first-order chi connectivity index (χ1) is 11.1. The zero-order valence-corrected chi connectivity index (χ0v) is 14.0. The summed E-state index contributed by atoms with van der Waals surface area (Å²) in [6, 6.07) is 20.9. The van der Waals surface area contributed by atoms with E-state index in [0.717, 1.165) is 12.1 Å². The zero-order chi connectivity index (χ0) is 16.3. The van der Waals surface area contributed by atoms with Gasteiger partial charge >= 0.3 is 0 Å². The molecule has 3 heteroatoms. The normalized spacial score (nSPS) is 13.5. The van der Waals surface area contributed by atoms with Crippen LogP contribution in [0.4, 0.5) is 0 Å². The van der Waals surface area contributed by atoms with Crippen molar-refractivity contribution in [1.29, 1.82) is 0 Å². The Morgan fingerprint density at radius 2 is 1.57 bits per heavy atom. The lowest BCUT2D eigenvalue weighted by molar-refractivity contribution is 0.460. The van der Waals surface area contributed by atoms with Gasteiger partial charge in [-0.05, 0) is 50.6 Å². The van der Waals surface area contributed by atoms with Crippen molar-refractivity contribution in [2.24, 2.45) is 0 Å². The van der Waals surface area contributed by atoms with Gasteiger partial charge in [-0.3, -0.25) is 9.66 Å². The van der Waals surface area contributed by atoms with Crippen molar-refractivity contribution in [3.8, 4) is 0 Å². The van der Waals surface area contributed by atoms with E-state index in [1.165, 1.54) is 17.0 Å². The van der Waals surface area contributed by atoms with Crippen LogP contribution in [0.1, 0.15) is 29.6 Å². The molecule has 0 radical (unpaired) electrons. The van der Waals surface area contributed by atoms with E-state index in [2.05, 4.69) is 84.4 Å². The molecule has 2 heterocycles. The minimum Gasteiger partial charge on any atom is -0.314 e. The molecule has 23 heavy (non-hydrogen) atoms. The van der Waals surface area contributed by atoms with E-state index in [-0.39, 0.29) is 5.54 Å². The van der Waals surface area contributed by atoms with Crippen LogP contribution in [0.2, 0.25) is 0 Å². The van der Waals surface area contributed by atoms with Gasteiger partial charge in [0.2, 0.25) is 0 Å². The summed E-state index contributed by atoms with van der Waals surface area (Å²) in [5.74, 6) is 0. The Labute approximate surface area is 138 Å². The van der Waals surface area contributed by atoms with E-state index in [9.17, 15) is 0 Å². The van der Waals surface area contributed by atoms with Gasteiger partial charge in [0.05, 0.1) is 11.2 Å². The number of benzene rings is 1. The summed E-state index contributed by atoms with van der Waals surface area (Å²) in [5, 5.41) is 0. The summed E-state index contributed by atoms with van der Waals surface area (Å²) in [6.45, 7) is 6.43. The minimum atomic E-state index is -0.294. The first-order valence-electron chi connectivity index (χ1n) is 7.97. The van der Waals surface area contributed by atoms with Gasteiger partial charge in [-0.15, -0.1) is 0 Å². The topological polar surface area (TPSA) is 29.9 Å². The van der Waals surface area contributed by atoms with Crippen LogP contribution < -0.4 is 5.43 Å². The summed E-state index contributed by atoms with van der Waals surface area (Å²) in [5.41, 5.74) is 8.11. The van der Waals surface area contributed by atoms with Crippen molar-refractivity contribution in [3.05, 3.63) is 89.5 Å². The maximum absolute atomic E-state index is 4.61. The number of pyridine rings is 1. The number of rotatable bonds is 5. The van der Waals surface area contributed by atoms with E-state index in [1.807, 2.05) is 18.3 Å². The highest BCUT2D eigenvalue weighted by molar-refractivity contribution is 5.28. The molecule has 118 valence electrons. The van der Waals surface area contributed by atoms with Crippen LogP contribution in [0.3, 0.4) is 0 Å². The number of aryl methyl sites for hydroxylation is 2. The van der Waals surface area contributed by atoms with Crippen LogP contribution in [0.5, 0.6) is 0 Å². The highest BCUT2D eigenvalue weighted by Gasteiger charge is 2.29. The first-order valence-corrected chi connectivity index (χ1v) is 7.97. The predicted molar refractivity (Wildman–Crippen MR) is 95.0 cm³/mol. The summed E-state index contributed by atoms with van der Waals surface area (Å²) in [6.07, 6.45) is 2.72. The second-order valence-corrected chi connectivity index (χ2v) is 6.27. The Hall–Kier alpha value is -2.55. The number of nitrogens with one attached hydrogen (secondary N) is 1. The molecule has 1 atom stereocenters. The van der Waals surface area contributed by atoms with E-state index >= 15 is 0 Å². The summed E-state index contributed by atoms with van der Waals surface area (Å²) in [4.78, 5) is 4.61. The lowest BCUT2D eigenvalue weighted by Gasteiger charge is -2.33. The highest BCUT2D eigenvalue weighted by atomic mass is 15.4. The molecule has 0 saturated carbocycles. The van der Waals surface area contributed by atoms with Crippen molar-refractivity contribution in [2.45, 2.75) is 32.7 Å². The lowest BCUT2D eigenvalue weighted by atomic mass is 9.89. The Kier molecular flexibility index (Phi) is 4.20. The minimum absolute atomic E-state index is 0.294. The van der Waals surface area contributed by atoms with Gasteiger partial charge in [0.25, 0.3) is 0 Å². The van der Waals surface area contributed by atoms with Gasteiger partial charge in [-0.25, -0.2) is 0 Å². The van der Waals surface area contributed by atoms with Crippen molar-refractivity contribution < 1.29 is 0 Å². The smallest absolute Gasteiger partial charge is 0.0963 e. The van der Waals surface area contributed by atoms with Crippen molar-refractivity contribution in [3.63, 3.8) is 0 Å². The molecule has 1 N–H and O–H groups in total. The molecule has 0 saturated heterocycles. The lowest BCUT2D eigenvalue weighted by Crippen LogP contribution is -2.41. The Morgan fingerprint density at radius 3 is 2.17 bits per heavy atom. The van der Waals surface area contributed by atoms with Crippen molar-refractivity contribution in [2.75, 3.05) is 5.43 Å². The largest absolute Gasteiger partial charge is 0.314 e. The Balaban J connectivity index is 2.00.